The summed E-state index contributed by atoms with van der Waals surface area (Å²) >= 11 is 0. The van der Waals surface area contributed by atoms with Crippen LogP contribution in [0.3, 0.4) is 0 Å². The van der Waals surface area contributed by atoms with Crippen LogP contribution in [0.5, 0.6) is 0 Å². The molecular weight excluding hydrogens is 240 g/mol. The fourth-order valence-electron chi connectivity index (χ4n) is 1.80. The van der Waals surface area contributed by atoms with Crippen LogP contribution in [0.25, 0.3) is 0 Å². The molecule has 0 saturated carbocycles. The van der Waals surface area contributed by atoms with Crippen LogP contribution in [0.15, 0.2) is 30.3 Å². The highest BCUT2D eigenvalue weighted by atomic mass is 16.2. The van der Waals surface area contributed by atoms with Crippen molar-refractivity contribution >= 4 is 11.8 Å². The Morgan fingerprint density at radius 1 is 1.21 bits per heavy atom. The van der Waals surface area contributed by atoms with Crippen LogP contribution in [0, 0.1) is 5.92 Å². The number of benzene rings is 1. The van der Waals surface area contributed by atoms with Crippen molar-refractivity contribution in [3.05, 3.63) is 35.9 Å². The quantitative estimate of drug-likeness (QED) is 0.844. The third-order valence-electron chi connectivity index (χ3n) is 2.71. The van der Waals surface area contributed by atoms with Gasteiger partial charge in [0.1, 0.15) is 0 Å². The van der Waals surface area contributed by atoms with E-state index in [1.807, 2.05) is 30.3 Å². The minimum absolute atomic E-state index is 0.0601. The van der Waals surface area contributed by atoms with Crippen LogP contribution in [-0.2, 0) is 16.0 Å². The number of amides is 2. The Balaban J connectivity index is 2.32. The van der Waals surface area contributed by atoms with E-state index in [1.54, 1.807) is 11.9 Å². The maximum absolute atomic E-state index is 11.7. The molecule has 0 aliphatic carbocycles. The van der Waals surface area contributed by atoms with Crippen LogP contribution in [-0.4, -0.2) is 36.9 Å². The molecule has 1 rings (SSSR count). The second kappa shape index (κ2) is 7.56. The first-order valence-corrected chi connectivity index (χ1v) is 6.53. The number of carbonyl (C=O) groups excluding carboxylic acids is 2. The van der Waals surface area contributed by atoms with E-state index in [0.29, 0.717) is 18.9 Å². The van der Waals surface area contributed by atoms with Crippen molar-refractivity contribution in [2.24, 2.45) is 5.92 Å². The molecule has 0 saturated heterocycles. The Kier molecular flexibility index (Phi) is 6.06. The maximum Gasteiger partial charge on any atom is 0.241 e. The topological polar surface area (TPSA) is 49.4 Å². The smallest absolute Gasteiger partial charge is 0.241 e. The van der Waals surface area contributed by atoms with E-state index in [0.717, 1.165) is 5.56 Å². The molecule has 0 bridgehead atoms. The van der Waals surface area contributed by atoms with E-state index in [-0.39, 0.29) is 18.4 Å². The molecule has 0 heterocycles. The molecule has 0 radical (unpaired) electrons. The molecule has 1 aromatic rings. The van der Waals surface area contributed by atoms with Crippen molar-refractivity contribution in [1.82, 2.24) is 10.2 Å². The van der Waals surface area contributed by atoms with E-state index in [4.69, 9.17) is 0 Å². The Morgan fingerprint density at radius 3 is 2.42 bits per heavy atom. The zero-order valence-electron chi connectivity index (χ0n) is 11.8. The van der Waals surface area contributed by atoms with Gasteiger partial charge < -0.3 is 10.2 Å². The summed E-state index contributed by atoms with van der Waals surface area (Å²) in [5.41, 5.74) is 0.947. The van der Waals surface area contributed by atoms with Crippen molar-refractivity contribution in [1.29, 1.82) is 0 Å². The maximum atomic E-state index is 11.7. The third kappa shape index (κ3) is 6.04. The van der Waals surface area contributed by atoms with Gasteiger partial charge in [-0.1, -0.05) is 44.2 Å². The van der Waals surface area contributed by atoms with Gasteiger partial charge in [-0.15, -0.1) is 0 Å². The summed E-state index contributed by atoms with van der Waals surface area (Å²) < 4.78 is 0. The van der Waals surface area contributed by atoms with Crippen LogP contribution in [0.2, 0.25) is 0 Å². The molecule has 0 fully saturated rings. The van der Waals surface area contributed by atoms with Gasteiger partial charge >= 0.3 is 0 Å². The second-order valence-corrected chi connectivity index (χ2v) is 5.11. The molecule has 104 valence electrons. The minimum atomic E-state index is -0.127. The van der Waals surface area contributed by atoms with E-state index in [1.165, 1.54) is 0 Å². The summed E-state index contributed by atoms with van der Waals surface area (Å²) in [4.78, 5) is 25.1. The Hall–Kier alpha value is -1.84. The first kappa shape index (κ1) is 15.2. The molecule has 1 aromatic carbocycles. The van der Waals surface area contributed by atoms with Gasteiger partial charge in [-0.3, -0.25) is 9.59 Å². The van der Waals surface area contributed by atoms with Crippen LogP contribution >= 0.6 is 0 Å². The van der Waals surface area contributed by atoms with Gasteiger partial charge in [-0.25, -0.2) is 0 Å². The van der Waals surface area contributed by atoms with Crippen LogP contribution < -0.4 is 5.32 Å². The lowest BCUT2D eigenvalue weighted by molar-refractivity contribution is -0.132. The number of carbonyl (C=O) groups is 2. The van der Waals surface area contributed by atoms with E-state index < -0.39 is 0 Å². The zero-order valence-corrected chi connectivity index (χ0v) is 11.8. The molecule has 1 N–H and O–H groups in total. The van der Waals surface area contributed by atoms with Crippen molar-refractivity contribution in [2.75, 3.05) is 20.1 Å². The Labute approximate surface area is 114 Å². The van der Waals surface area contributed by atoms with Gasteiger partial charge in [0, 0.05) is 13.6 Å². The summed E-state index contributed by atoms with van der Waals surface area (Å²) in [6.07, 6.45) is 0.308. The summed E-state index contributed by atoms with van der Waals surface area (Å²) in [5.74, 6) is 0.238. The van der Waals surface area contributed by atoms with E-state index in [9.17, 15) is 9.59 Å². The van der Waals surface area contributed by atoms with Gasteiger partial charge in [-0.2, -0.15) is 0 Å². The molecule has 0 aliphatic heterocycles. The SMILES string of the molecule is CC(C)CN(C)C(=O)CNC(=O)Cc1ccccc1. The molecule has 4 heteroatoms. The number of likely N-dealkylation sites (N-methyl/N-ethyl adjacent to an activating group) is 1. The first-order valence-electron chi connectivity index (χ1n) is 6.53. The van der Waals surface area contributed by atoms with Gasteiger partial charge in [0.15, 0.2) is 0 Å². The average molecular weight is 262 g/mol. The largest absolute Gasteiger partial charge is 0.347 e. The summed E-state index contributed by atoms with van der Waals surface area (Å²) in [5, 5.41) is 2.65. The highest BCUT2D eigenvalue weighted by Crippen LogP contribution is 1.99. The van der Waals surface area contributed by atoms with Gasteiger partial charge in [-0.05, 0) is 11.5 Å². The van der Waals surface area contributed by atoms with Gasteiger partial charge in [0.05, 0.1) is 13.0 Å². The van der Waals surface area contributed by atoms with Crippen LogP contribution in [0.1, 0.15) is 19.4 Å². The van der Waals surface area contributed by atoms with Gasteiger partial charge in [0.25, 0.3) is 0 Å². The number of hydrogen-bond donors (Lipinski definition) is 1. The Bertz CT molecular complexity index is 415. The molecule has 0 atom stereocenters. The predicted molar refractivity (Wildman–Crippen MR) is 75.6 cm³/mol. The summed E-state index contributed by atoms with van der Waals surface area (Å²) in [6, 6.07) is 9.48. The highest BCUT2D eigenvalue weighted by Gasteiger charge is 2.11. The molecule has 0 aromatic heterocycles. The summed E-state index contributed by atoms with van der Waals surface area (Å²) in [6.45, 7) is 4.87. The molecular formula is C15H22N2O2. The number of hydrogen-bond acceptors (Lipinski definition) is 2. The minimum Gasteiger partial charge on any atom is -0.347 e. The zero-order chi connectivity index (χ0) is 14.3. The molecule has 4 nitrogen and oxygen atoms in total. The van der Waals surface area contributed by atoms with E-state index in [2.05, 4.69) is 19.2 Å². The predicted octanol–water partition coefficient (Wildman–Crippen LogP) is 1.46. The second-order valence-electron chi connectivity index (χ2n) is 5.11. The first-order chi connectivity index (χ1) is 8.99. The fourth-order valence-corrected chi connectivity index (χ4v) is 1.80. The average Bonchev–Trinajstić information content (AvgIpc) is 2.36. The fraction of sp³-hybridized carbons (Fsp3) is 0.467. The normalized spacial score (nSPS) is 10.3. The molecule has 2 amide bonds. The van der Waals surface area contributed by atoms with Crippen molar-refractivity contribution in [2.45, 2.75) is 20.3 Å². The number of rotatable bonds is 6. The third-order valence-corrected chi connectivity index (χ3v) is 2.71. The standard InChI is InChI=1S/C15H22N2O2/c1-12(2)11-17(3)15(19)10-16-14(18)9-13-7-5-4-6-8-13/h4-8,12H,9-11H2,1-3H3,(H,16,18). The Morgan fingerprint density at radius 2 is 1.84 bits per heavy atom. The number of nitrogens with zero attached hydrogens (tertiary/aromatic N) is 1. The number of nitrogens with one attached hydrogen (secondary N) is 1. The lowest BCUT2D eigenvalue weighted by Crippen LogP contribution is -2.40. The van der Waals surface area contributed by atoms with E-state index >= 15 is 0 Å². The molecule has 19 heavy (non-hydrogen) atoms. The van der Waals surface area contributed by atoms with Crippen molar-refractivity contribution in [3.8, 4) is 0 Å². The highest BCUT2D eigenvalue weighted by molar-refractivity contribution is 5.85. The summed E-state index contributed by atoms with van der Waals surface area (Å²) in [7, 11) is 1.76. The van der Waals surface area contributed by atoms with Crippen molar-refractivity contribution < 1.29 is 9.59 Å². The van der Waals surface area contributed by atoms with Gasteiger partial charge in [0.2, 0.25) is 11.8 Å². The molecule has 0 spiro atoms. The lowest BCUT2D eigenvalue weighted by Gasteiger charge is -2.19. The molecule has 0 unspecified atom stereocenters. The van der Waals surface area contributed by atoms with Crippen LogP contribution in [0.4, 0.5) is 0 Å². The van der Waals surface area contributed by atoms with Crippen molar-refractivity contribution in [3.63, 3.8) is 0 Å². The molecule has 0 aliphatic rings. The monoisotopic (exact) mass is 262 g/mol. The lowest BCUT2D eigenvalue weighted by atomic mass is 10.1.